The molecule has 0 aliphatic heterocycles. The minimum Gasteiger partial charge on any atom is -0.379 e. The van der Waals surface area contributed by atoms with E-state index in [-0.39, 0.29) is 11.9 Å². The van der Waals surface area contributed by atoms with Crippen molar-refractivity contribution >= 4 is 17.0 Å². The van der Waals surface area contributed by atoms with Crippen molar-refractivity contribution in [2.24, 2.45) is 0 Å². The van der Waals surface area contributed by atoms with Gasteiger partial charge in [-0.3, -0.25) is 0 Å². The van der Waals surface area contributed by atoms with Gasteiger partial charge in [0.15, 0.2) is 0 Å². The van der Waals surface area contributed by atoms with Gasteiger partial charge in [0.25, 0.3) is 0 Å². The van der Waals surface area contributed by atoms with Gasteiger partial charge in [0.2, 0.25) is 0 Å². The van der Waals surface area contributed by atoms with Gasteiger partial charge < -0.3 is 4.74 Å². The minimum atomic E-state index is -0.214. The summed E-state index contributed by atoms with van der Waals surface area (Å²) < 4.78 is 20.6. The molecule has 0 amide bonds. The first kappa shape index (κ1) is 24.8. The van der Waals surface area contributed by atoms with Gasteiger partial charge in [0, 0.05) is 30.2 Å². The Labute approximate surface area is 197 Å². The van der Waals surface area contributed by atoms with Gasteiger partial charge in [-0.1, -0.05) is 56.2 Å². The predicted molar refractivity (Wildman–Crippen MR) is 137 cm³/mol. The van der Waals surface area contributed by atoms with Crippen LogP contribution in [0.2, 0.25) is 0 Å². The summed E-state index contributed by atoms with van der Waals surface area (Å²) in [6.45, 7) is 8.91. The van der Waals surface area contributed by atoms with Crippen LogP contribution in [-0.2, 0) is 11.2 Å². The lowest BCUT2D eigenvalue weighted by molar-refractivity contribution is 0.0566. The molecule has 3 rings (SSSR count). The highest BCUT2D eigenvalue weighted by Crippen LogP contribution is 2.26. The van der Waals surface area contributed by atoms with Crippen LogP contribution in [0.4, 0.5) is 4.39 Å². The summed E-state index contributed by atoms with van der Waals surface area (Å²) in [4.78, 5) is 8.91. The maximum atomic E-state index is 14.7. The maximum Gasteiger partial charge on any atom is 0.132 e. The van der Waals surface area contributed by atoms with Gasteiger partial charge in [0.05, 0.1) is 11.6 Å². The minimum absolute atomic E-state index is 0.214. The van der Waals surface area contributed by atoms with Crippen LogP contribution in [0.1, 0.15) is 63.8 Å². The van der Waals surface area contributed by atoms with Gasteiger partial charge in [0.1, 0.15) is 11.6 Å². The van der Waals surface area contributed by atoms with E-state index in [1.807, 2.05) is 42.6 Å². The molecule has 1 heterocycles. The second-order valence-corrected chi connectivity index (χ2v) is 8.51. The van der Waals surface area contributed by atoms with Crippen LogP contribution in [0.25, 0.3) is 28.1 Å². The molecule has 0 radical (unpaired) electrons. The van der Waals surface area contributed by atoms with Crippen molar-refractivity contribution in [2.75, 3.05) is 6.61 Å². The van der Waals surface area contributed by atoms with Crippen molar-refractivity contribution in [2.45, 2.75) is 64.9 Å². The number of aromatic nitrogens is 2. The molecule has 0 N–H and O–H groups in total. The smallest absolute Gasteiger partial charge is 0.132 e. The molecule has 1 atom stereocenters. The quantitative estimate of drug-likeness (QED) is 0.197. The summed E-state index contributed by atoms with van der Waals surface area (Å²) in [5.41, 5.74) is 3.28. The van der Waals surface area contributed by atoms with Crippen LogP contribution < -0.4 is 0 Å². The zero-order valence-corrected chi connectivity index (χ0v) is 19.9. The third-order valence-electron chi connectivity index (χ3n) is 5.72. The van der Waals surface area contributed by atoms with Crippen LogP contribution in [0.5, 0.6) is 0 Å². The van der Waals surface area contributed by atoms with Gasteiger partial charge >= 0.3 is 0 Å². The summed E-state index contributed by atoms with van der Waals surface area (Å²) >= 11 is 0. The first-order valence-electron chi connectivity index (χ1n) is 12.1. The van der Waals surface area contributed by atoms with Crippen LogP contribution in [0.15, 0.2) is 61.3 Å². The van der Waals surface area contributed by atoms with E-state index in [1.54, 1.807) is 12.1 Å². The Bertz CT molecular complexity index is 1080. The van der Waals surface area contributed by atoms with Crippen molar-refractivity contribution < 1.29 is 9.13 Å². The Kier molecular flexibility index (Phi) is 9.77. The molecule has 0 saturated carbocycles. The first-order valence-corrected chi connectivity index (χ1v) is 12.1. The Morgan fingerprint density at radius 3 is 2.70 bits per heavy atom. The second kappa shape index (κ2) is 13.0. The van der Waals surface area contributed by atoms with E-state index >= 15 is 0 Å². The fraction of sp³-hybridized carbons (Fsp3) is 0.379. The molecule has 0 aliphatic carbocycles. The third-order valence-corrected chi connectivity index (χ3v) is 5.72. The van der Waals surface area contributed by atoms with E-state index in [9.17, 15) is 4.39 Å². The Morgan fingerprint density at radius 2 is 1.91 bits per heavy atom. The topological polar surface area (TPSA) is 35.0 Å². The highest BCUT2D eigenvalue weighted by Gasteiger charge is 2.06. The third kappa shape index (κ3) is 7.61. The van der Waals surface area contributed by atoms with Crippen LogP contribution in [0, 0.1) is 5.82 Å². The lowest BCUT2D eigenvalue weighted by Crippen LogP contribution is -2.08. The van der Waals surface area contributed by atoms with Crippen molar-refractivity contribution in [3.63, 3.8) is 0 Å². The Balaban J connectivity index is 1.55. The molecule has 0 saturated heterocycles. The normalized spacial score (nSPS) is 12.5. The molecule has 3 nitrogen and oxygen atoms in total. The molecular weight excluding hydrogens is 411 g/mol. The number of hydrogen-bond donors (Lipinski definition) is 0. The SMILES string of the molecule is C=CCc1ncc2cc(-c3ccc(C=CCCCC(C)OCCCCC)c(F)c3)ccc2n1. The number of ether oxygens (including phenoxy) is 1. The van der Waals surface area contributed by atoms with Crippen LogP contribution in [0.3, 0.4) is 0 Å². The van der Waals surface area contributed by atoms with Crippen molar-refractivity contribution in [1.82, 2.24) is 9.97 Å². The molecule has 3 aromatic rings. The highest BCUT2D eigenvalue weighted by atomic mass is 19.1. The maximum absolute atomic E-state index is 14.7. The van der Waals surface area contributed by atoms with Gasteiger partial charge in [-0.25, -0.2) is 14.4 Å². The number of fused-ring (bicyclic) bond motifs is 1. The molecule has 174 valence electrons. The number of unbranched alkanes of at least 4 members (excludes halogenated alkanes) is 3. The summed E-state index contributed by atoms with van der Waals surface area (Å²) in [5.74, 6) is 0.537. The fourth-order valence-corrected chi connectivity index (χ4v) is 3.77. The summed E-state index contributed by atoms with van der Waals surface area (Å²) in [7, 11) is 0. The first-order chi connectivity index (χ1) is 16.1. The van der Waals surface area contributed by atoms with Crippen molar-refractivity contribution in [3.05, 3.63) is 78.5 Å². The number of benzene rings is 2. The number of rotatable bonds is 13. The van der Waals surface area contributed by atoms with Crippen molar-refractivity contribution in [3.8, 4) is 11.1 Å². The summed E-state index contributed by atoms with van der Waals surface area (Å²) in [6, 6.07) is 11.3. The summed E-state index contributed by atoms with van der Waals surface area (Å²) in [6.07, 6.45) is 15.0. The Morgan fingerprint density at radius 1 is 1.09 bits per heavy atom. The second-order valence-electron chi connectivity index (χ2n) is 8.51. The molecule has 0 bridgehead atoms. The molecule has 0 spiro atoms. The zero-order valence-electron chi connectivity index (χ0n) is 19.9. The van der Waals surface area contributed by atoms with E-state index in [0.717, 1.165) is 60.1 Å². The van der Waals surface area contributed by atoms with Crippen LogP contribution >= 0.6 is 0 Å². The zero-order chi connectivity index (χ0) is 23.5. The summed E-state index contributed by atoms with van der Waals surface area (Å²) in [5, 5.41) is 0.938. The molecule has 0 fully saturated rings. The average molecular weight is 447 g/mol. The van der Waals surface area contributed by atoms with E-state index in [0.29, 0.717) is 12.0 Å². The van der Waals surface area contributed by atoms with Gasteiger partial charge in [-0.2, -0.15) is 0 Å². The molecule has 2 aromatic carbocycles. The van der Waals surface area contributed by atoms with Gasteiger partial charge in [-0.15, -0.1) is 6.58 Å². The average Bonchev–Trinajstić information content (AvgIpc) is 2.82. The number of allylic oxidation sites excluding steroid dienone is 2. The van der Waals surface area contributed by atoms with E-state index in [1.165, 1.54) is 12.8 Å². The lowest BCUT2D eigenvalue weighted by Gasteiger charge is -2.12. The van der Waals surface area contributed by atoms with Gasteiger partial charge in [-0.05, 0) is 61.9 Å². The molecular formula is C29H35FN2O. The molecule has 33 heavy (non-hydrogen) atoms. The predicted octanol–water partition coefficient (Wildman–Crippen LogP) is 7.94. The van der Waals surface area contributed by atoms with Crippen LogP contribution in [-0.4, -0.2) is 22.7 Å². The highest BCUT2D eigenvalue weighted by molar-refractivity contribution is 5.84. The fourth-order valence-electron chi connectivity index (χ4n) is 3.77. The Hall–Kier alpha value is -2.85. The lowest BCUT2D eigenvalue weighted by atomic mass is 10.0. The standard InChI is InChI=1S/C29H35FN2O/c1-4-6-10-18-33-22(3)12-8-7-9-13-23-14-15-25(20-27(23)30)24-16-17-28-26(19-24)21-31-29(32-28)11-5-2/h5,9,13-17,19-22H,2,4,6-8,10-12,18H2,1,3H3. The van der Waals surface area contributed by atoms with E-state index in [4.69, 9.17) is 4.74 Å². The molecule has 1 aromatic heterocycles. The van der Waals surface area contributed by atoms with E-state index in [2.05, 4.69) is 36.5 Å². The van der Waals surface area contributed by atoms with E-state index < -0.39 is 0 Å². The number of hydrogen-bond acceptors (Lipinski definition) is 3. The largest absolute Gasteiger partial charge is 0.379 e. The molecule has 1 unspecified atom stereocenters. The molecule has 4 heteroatoms. The molecule has 0 aliphatic rings. The number of nitrogens with zero attached hydrogens (tertiary/aromatic N) is 2. The number of halogens is 1. The van der Waals surface area contributed by atoms with Crippen molar-refractivity contribution in [1.29, 1.82) is 0 Å². The monoisotopic (exact) mass is 446 g/mol.